The van der Waals surface area contributed by atoms with Crippen LogP contribution in [0, 0.1) is 17.8 Å². The van der Waals surface area contributed by atoms with Crippen LogP contribution in [0.25, 0.3) is 5.69 Å². The predicted octanol–water partition coefficient (Wildman–Crippen LogP) is 1.23. The molecule has 138 valence electrons. The van der Waals surface area contributed by atoms with Crippen molar-refractivity contribution in [2.45, 2.75) is 19.3 Å². The molecule has 2 aliphatic rings. The van der Waals surface area contributed by atoms with Crippen LogP contribution in [-0.2, 0) is 5.41 Å². The number of piperidine rings is 1. The van der Waals surface area contributed by atoms with Crippen molar-refractivity contribution in [1.29, 1.82) is 0 Å². The molecule has 0 radical (unpaired) electrons. The third kappa shape index (κ3) is 3.04. The van der Waals surface area contributed by atoms with Crippen LogP contribution in [-0.4, -0.2) is 40.6 Å². The average Bonchev–Trinajstić information content (AvgIpc) is 3.08. The van der Waals surface area contributed by atoms with Gasteiger partial charge in [-0.15, -0.1) is 0 Å². The molecule has 0 bridgehead atoms. The molecule has 0 unspecified atom stereocenters. The average molecular weight is 353 g/mol. The highest BCUT2D eigenvalue weighted by molar-refractivity contribution is 5.38. The van der Waals surface area contributed by atoms with Gasteiger partial charge in [0.1, 0.15) is 5.82 Å². The summed E-state index contributed by atoms with van der Waals surface area (Å²) in [6, 6.07) is 9.80. The molecular formula is C20H27N5O. The summed E-state index contributed by atoms with van der Waals surface area (Å²) >= 11 is 0. The zero-order valence-electron chi connectivity index (χ0n) is 15.4. The molecule has 3 atom stereocenters. The van der Waals surface area contributed by atoms with Crippen molar-refractivity contribution >= 4 is 5.82 Å². The lowest BCUT2D eigenvalue weighted by Gasteiger charge is -2.32. The number of fused-ring (bicyclic) bond motifs is 1. The lowest BCUT2D eigenvalue weighted by atomic mass is 9.84. The molecule has 1 saturated heterocycles. The highest BCUT2D eigenvalue weighted by Crippen LogP contribution is 2.51. The number of nitrogens with two attached hydrogens (primary N) is 2. The van der Waals surface area contributed by atoms with Crippen molar-refractivity contribution in [2.24, 2.45) is 23.5 Å². The molecule has 4 N–H and O–H groups in total. The van der Waals surface area contributed by atoms with E-state index in [9.17, 15) is 4.79 Å². The summed E-state index contributed by atoms with van der Waals surface area (Å²) in [5.41, 5.74) is 13.1. The molecule has 0 amide bonds. The summed E-state index contributed by atoms with van der Waals surface area (Å²) in [7, 11) is 0. The van der Waals surface area contributed by atoms with Crippen molar-refractivity contribution in [2.75, 3.05) is 31.9 Å². The van der Waals surface area contributed by atoms with Gasteiger partial charge in [-0.2, -0.15) is 4.98 Å². The van der Waals surface area contributed by atoms with Gasteiger partial charge in [0, 0.05) is 31.2 Å². The summed E-state index contributed by atoms with van der Waals surface area (Å²) in [5, 5.41) is 0. The maximum absolute atomic E-state index is 12.0. The third-order valence-electron chi connectivity index (χ3n) is 6.09. The molecule has 1 aromatic heterocycles. The smallest absolute Gasteiger partial charge is 0.354 e. The Bertz CT molecular complexity index is 845. The van der Waals surface area contributed by atoms with Gasteiger partial charge in [0.25, 0.3) is 0 Å². The normalized spacial score (nSPS) is 25.3. The van der Waals surface area contributed by atoms with Crippen LogP contribution in [0.4, 0.5) is 5.82 Å². The second-order valence-electron chi connectivity index (χ2n) is 8.36. The lowest BCUT2D eigenvalue weighted by Crippen LogP contribution is -2.37. The van der Waals surface area contributed by atoms with Gasteiger partial charge in [-0.1, -0.05) is 26.0 Å². The number of rotatable bonds is 5. The van der Waals surface area contributed by atoms with E-state index in [2.05, 4.69) is 35.9 Å². The van der Waals surface area contributed by atoms with E-state index in [-0.39, 0.29) is 16.9 Å². The quantitative estimate of drug-likeness (QED) is 0.844. The van der Waals surface area contributed by atoms with Crippen LogP contribution in [0.15, 0.2) is 41.3 Å². The van der Waals surface area contributed by atoms with Crippen molar-refractivity contribution in [3.05, 3.63) is 52.6 Å². The maximum atomic E-state index is 12.0. The standard InChI is InChI=1S/C20H27N5O/c1-20(2,12-24-10-16-15(9-21)17(16)11-24)13-3-5-14(6-4-13)25-8-7-18(22)23-19(25)26/h3-8,15-17H,9-12,21H2,1-2H3,(H2,22,23,26)/t15-,16-,17+. The number of hydrogen-bond acceptors (Lipinski definition) is 5. The first kappa shape index (κ1) is 17.2. The summed E-state index contributed by atoms with van der Waals surface area (Å²) in [6.07, 6.45) is 1.66. The summed E-state index contributed by atoms with van der Waals surface area (Å²) in [4.78, 5) is 18.4. The minimum absolute atomic E-state index is 0.0534. The van der Waals surface area contributed by atoms with E-state index in [1.165, 1.54) is 23.2 Å². The van der Waals surface area contributed by atoms with Gasteiger partial charge >= 0.3 is 5.69 Å². The first-order valence-electron chi connectivity index (χ1n) is 9.27. The van der Waals surface area contributed by atoms with Crippen LogP contribution in [0.5, 0.6) is 0 Å². The maximum Gasteiger partial charge on any atom is 0.354 e. The Labute approximate surface area is 153 Å². The Morgan fingerprint density at radius 1 is 1.15 bits per heavy atom. The third-order valence-corrected chi connectivity index (χ3v) is 6.09. The summed E-state index contributed by atoms with van der Waals surface area (Å²) in [6.45, 7) is 8.81. The molecule has 4 rings (SSSR count). The second-order valence-corrected chi connectivity index (χ2v) is 8.36. The highest BCUT2D eigenvalue weighted by Gasteiger charge is 2.54. The minimum Gasteiger partial charge on any atom is -0.383 e. The molecule has 0 spiro atoms. The van der Waals surface area contributed by atoms with E-state index in [1.54, 1.807) is 12.3 Å². The Morgan fingerprint density at radius 3 is 2.38 bits per heavy atom. The fourth-order valence-corrected chi connectivity index (χ4v) is 4.55. The van der Waals surface area contributed by atoms with Gasteiger partial charge in [0.05, 0.1) is 5.69 Å². The zero-order valence-corrected chi connectivity index (χ0v) is 15.4. The molecule has 1 aromatic carbocycles. The number of hydrogen-bond donors (Lipinski definition) is 2. The topological polar surface area (TPSA) is 90.2 Å². The number of aromatic nitrogens is 2. The minimum atomic E-state index is -0.359. The number of nitrogens with zero attached hydrogens (tertiary/aromatic N) is 3. The Hall–Kier alpha value is -2.18. The first-order chi connectivity index (χ1) is 12.4. The molecule has 1 aliphatic carbocycles. The van der Waals surface area contributed by atoms with Crippen LogP contribution in [0.1, 0.15) is 19.4 Å². The van der Waals surface area contributed by atoms with Gasteiger partial charge in [-0.25, -0.2) is 4.79 Å². The van der Waals surface area contributed by atoms with E-state index < -0.39 is 0 Å². The summed E-state index contributed by atoms with van der Waals surface area (Å²) in [5.74, 6) is 2.65. The van der Waals surface area contributed by atoms with E-state index in [1.807, 2.05) is 12.1 Å². The number of anilines is 1. The van der Waals surface area contributed by atoms with Crippen molar-refractivity contribution in [3.63, 3.8) is 0 Å². The van der Waals surface area contributed by atoms with Gasteiger partial charge < -0.3 is 16.4 Å². The van der Waals surface area contributed by atoms with E-state index in [0.29, 0.717) is 0 Å². The molecule has 6 nitrogen and oxygen atoms in total. The van der Waals surface area contributed by atoms with Gasteiger partial charge in [0.2, 0.25) is 0 Å². The van der Waals surface area contributed by atoms with Crippen molar-refractivity contribution in [1.82, 2.24) is 14.5 Å². The van der Waals surface area contributed by atoms with Gasteiger partial charge in [-0.3, -0.25) is 4.57 Å². The van der Waals surface area contributed by atoms with Crippen LogP contribution >= 0.6 is 0 Å². The molecule has 2 fully saturated rings. The zero-order chi connectivity index (χ0) is 18.5. The van der Waals surface area contributed by atoms with Crippen LogP contribution < -0.4 is 17.2 Å². The Kier molecular flexibility index (Phi) is 4.12. The fourth-order valence-electron chi connectivity index (χ4n) is 4.55. The second kappa shape index (κ2) is 6.21. The molecular weight excluding hydrogens is 326 g/mol. The Morgan fingerprint density at radius 2 is 1.81 bits per heavy atom. The number of nitrogen functional groups attached to an aromatic ring is 1. The summed E-state index contributed by atoms with van der Waals surface area (Å²) < 4.78 is 1.51. The fraction of sp³-hybridized carbons (Fsp3) is 0.500. The predicted molar refractivity (Wildman–Crippen MR) is 103 cm³/mol. The van der Waals surface area contributed by atoms with Crippen LogP contribution in [0.3, 0.4) is 0 Å². The molecule has 2 aromatic rings. The van der Waals surface area contributed by atoms with Crippen molar-refractivity contribution < 1.29 is 0 Å². The molecule has 26 heavy (non-hydrogen) atoms. The van der Waals surface area contributed by atoms with E-state index >= 15 is 0 Å². The molecule has 1 saturated carbocycles. The molecule has 1 aliphatic heterocycles. The first-order valence-corrected chi connectivity index (χ1v) is 9.27. The van der Waals surface area contributed by atoms with Gasteiger partial charge in [-0.05, 0) is 48.1 Å². The SMILES string of the molecule is CC(C)(CN1C[C@@H]2[C@@H](CN)[C@@H]2C1)c1ccc(-n2ccc(N)nc2=O)cc1. The van der Waals surface area contributed by atoms with Crippen LogP contribution in [0.2, 0.25) is 0 Å². The highest BCUT2D eigenvalue weighted by atomic mass is 16.1. The number of benzene rings is 1. The number of likely N-dealkylation sites (tertiary alicyclic amines) is 1. The Balaban J connectivity index is 1.46. The largest absolute Gasteiger partial charge is 0.383 e. The van der Waals surface area contributed by atoms with Crippen molar-refractivity contribution in [3.8, 4) is 5.69 Å². The molecule has 2 heterocycles. The monoisotopic (exact) mass is 353 g/mol. The lowest BCUT2D eigenvalue weighted by molar-refractivity contribution is 0.234. The van der Waals surface area contributed by atoms with E-state index in [0.717, 1.165) is 36.5 Å². The molecule has 6 heteroatoms. The van der Waals surface area contributed by atoms with E-state index in [4.69, 9.17) is 11.5 Å². The van der Waals surface area contributed by atoms with Gasteiger partial charge in [0.15, 0.2) is 0 Å².